The highest BCUT2D eigenvalue weighted by Gasteiger charge is 2.26. The third kappa shape index (κ3) is 1.44. The fourth-order valence-electron chi connectivity index (χ4n) is 0.868. The zero-order valence-electron chi connectivity index (χ0n) is 5.78. The SMILES string of the molecule is N#C/C=C/N1C(=O)CCC1=O. The molecule has 0 N–H and O–H groups in total. The van der Waals surface area contributed by atoms with Crippen LogP contribution in [0.15, 0.2) is 12.3 Å². The number of carbonyl (C=O) groups is 2. The van der Waals surface area contributed by atoms with E-state index in [0.29, 0.717) is 0 Å². The number of imide groups is 1. The van der Waals surface area contributed by atoms with Crippen molar-refractivity contribution < 1.29 is 9.59 Å². The molecule has 1 aliphatic rings. The van der Waals surface area contributed by atoms with Gasteiger partial charge in [-0.2, -0.15) is 5.26 Å². The van der Waals surface area contributed by atoms with Crippen LogP contribution >= 0.6 is 0 Å². The summed E-state index contributed by atoms with van der Waals surface area (Å²) < 4.78 is 0. The number of carbonyl (C=O) groups excluding carboxylic acids is 2. The van der Waals surface area contributed by atoms with Gasteiger partial charge in [0.25, 0.3) is 0 Å². The molecule has 11 heavy (non-hydrogen) atoms. The topological polar surface area (TPSA) is 61.2 Å². The quantitative estimate of drug-likeness (QED) is 0.395. The Balaban J connectivity index is 2.71. The first-order valence-electron chi connectivity index (χ1n) is 3.17. The van der Waals surface area contributed by atoms with Gasteiger partial charge >= 0.3 is 0 Å². The van der Waals surface area contributed by atoms with E-state index in [2.05, 4.69) is 0 Å². The molecule has 0 spiro atoms. The van der Waals surface area contributed by atoms with Gasteiger partial charge in [0.1, 0.15) is 0 Å². The van der Waals surface area contributed by atoms with Crippen LogP contribution in [0.25, 0.3) is 0 Å². The molecule has 0 aromatic heterocycles. The third-order valence-electron chi connectivity index (χ3n) is 1.39. The molecule has 1 rings (SSSR count). The molecule has 4 heteroatoms. The maximum atomic E-state index is 10.8. The zero-order valence-corrected chi connectivity index (χ0v) is 5.78. The Hall–Kier alpha value is -1.63. The number of hydrogen-bond donors (Lipinski definition) is 0. The van der Waals surface area contributed by atoms with Gasteiger partial charge in [0.2, 0.25) is 11.8 Å². The van der Waals surface area contributed by atoms with Crippen LogP contribution in [0.4, 0.5) is 0 Å². The Morgan fingerprint density at radius 2 is 1.91 bits per heavy atom. The highest BCUT2D eigenvalue weighted by molar-refractivity contribution is 6.02. The Morgan fingerprint density at radius 1 is 1.36 bits per heavy atom. The van der Waals surface area contributed by atoms with Crippen molar-refractivity contribution in [2.45, 2.75) is 12.8 Å². The van der Waals surface area contributed by atoms with E-state index >= 15 is 0 Å². The van der Waals surface area contributed by atoms with Gasteiger partial charge in [-0.15, -0.1) is 0 Å². The number of nitriles is 1. The van der Waals surface area contributed by atoms with Crippen LogP contribution in [0.1, 0.15) is 12.8 Å². The molecule has 4 nitrogen and oxygen atoms in total. The zero-order chi connectivity index (χ0) is 8.27. The van der Waals surface area contributed by atoms with E-state index in [1.807, 2.05) is 0 Å². The number of amides is 2. The van der Waals surface area contributed by atoms with Crippen molar-refractivity contribution in [1.82, 2.24) is 4.90 Å². The fraction of sp³-hybridized carbons (Fsp3) is 0.286. The van der Waals surface area contributed by atoms with E-state index in [-0.39, 0.29) is 24.7 Å². The van der Waals surface area contributed by atoms with Crippen molar-refractivity contribution in [1.29, 1.82) is 5.26 Å². The van der Waals surface area contributed by atoms with Crippen molar-refractivity contribution >= 4 is 11.8 Å². The molecule has 0 bridgehead atoms. The molecule has 1 aliphatic heterocycles. The van der Waals surface area contributed by atoms with E-state index in [1.165, 1.54) is 6.20 Å². The lowest BCUT2D eigenvalue weighted by molar-refractivity contribution is -0.135. The minimum atomic E-state index is -0.235. The summed E-state index contributed by atoms with van der Waals surface area (Å²) in [6.45, 7) is 0. The predicted octanol–water partition coefficient (Wildman–Crippen LogP) is 0.173. The van der Waals surface area contributed by atoms with Crippen LogP contribution < -0.4 is 0 Å². The van der Waals surface area contributed by atoms with Crippen molar-refractivity contribution in [3.63, 3.8) is 0 Å². The second kappa shape index (κ2) is 2.97. The largest absolute Gasteiger partial charge is 0.274 e. The van der Waals surface area contributed by atoms with E-state index in [0.717, 1.165) is 11.0 Å². The summed E-state index contributed by atoms with van der Waals surface area (Å²) in [6, 6.07) is 1.71. The standard InChI is InChI=1S/C7H6N2O2/c8-4-1-5-9-6(10)2-3-7(9)11/h1,5H,2-3H2/b5-1+. The van der Waals surface area contributed by atoms with E-state index in [9.17, 15) is 9.59 Å². The molecule has 1 fully saturated rings. The molecule has 1 saturated heterocycles. The average molecular weight is 150 g/mol. The Morgan fingerprint density at radius 3 is 2.36 bits per heavy atom. The third-order valence-corrected chi connectivity index (χ3v) is 1.39. The van der Waals surface area contributed by atoms with E-state index in [4.69, 9.17) is 5.26 Å². The Bertz CT molecular complexity index is 246. The van der Waals surface area contributed by atoms with Crippen LogP contribution in [-0.2, 0) is 9.59 Å². The molecule has 0 saturated carbocycles. The van der Waals surface area contributed by atoms with Crippen LogP contribution in [-0.4, -0.2) is 16.7 Å². The average Bonchev–Trinajstić information content (AvgIpc) is 2.29. The molecule has 0 unspecified atom stereocenters. The summed E-state index contributed by atoms with van der Waals surface area (Å²) in [4.78, 5) is 22.6. The van der Waals surface area contributed by atoms with Crippen LogP contribution in [0.3, 0.4) is 0 Å². The molecule has 2 amide bonds. The second-order valence-corrected chi connectivity index (χ2v) is 2.10. The summed E-state index contributed by atoms with van der Waals surface area (Å²) in [5.74, 6) is -0.469. The van der Waals surface area contributed by atoms with E-state index < -0.39 is 0 Å². The molecule has 1 heterocycles. The van der Waals surface area contributed by atoms with Crippen molar-refractivity contribution in [3.05, 3.63) is 12.3 Å². The predicted molar refractivity (Wildman–Crippen MR) is 35.8 cm³/mol. The van der Waals surface area contributed by atoms with Gasteiger partial charge in [-0.3, -0.25) is 14.5 Å². The van der Waals surface area contributed by atoms with Crippen molar-refractivity contribution in [2.24, 2.45) is 0 Å². The lowest BCUT2D eigenvalue weighted by atomic mass is 10.4. The van der Waals surface area contributed by atoms with E-state index in [1.54, 1.807) is 6.07 Å². The number of hydrogen-bond acceptors (Lipinski definition) is 3. The molecule has 0 aromatic rings. The highest BCUT2D eigenvalue weighted by atomic mass is 16.2. The van der Waals surface area contributed by atoms with Gasteiger partial charge in [-0.1, -0.05) is 0 Å². The molecule has 0 aliphatic carbocycles. The molecule has 0 atom stereocenters. The summed E-state index contributed by atoms with van der Waals surface area (Å²) in [5.41, 5.74) is 0. The van der Waals surface area contributed by atoms with Crippen LogP contribution in [0.2, 0.25) is 0 Å². The minimum Gasteiger partial charge on any atom is -0.274 e. The Kier molecular flexibility index (Phi) is 2.02. The van der Waals surface area contributed by atoms with Gasteiger partial charge < -0.3 is 0 Å². The van der Waals surface area contributed by atoms with Crippen molar-refractivity contribution in [3.8, 4) is 6.07 Å². The smallest absolute Gasteiger partial charge is 0.233 e. The lowest BCUT2D eigenvalue weighted by Gasteiger charge is -2.03. The number of likely N-dealkylation sites (tertiary alicyclic amines) is 1. The summed E-state index contributed by atoms with van der Waals surface area (Å²) in [5, 5.41) is 8.11. The van der Waals surface area contributed by atoms with Gasteiger partial charge in [0, 0.05) is 25.1 Å². The molecular formula is C7H6N2O2. The van der Waals surface area contributed by atoms with Gasteiger partial charge in [0.05, 0.1) is 6.07 Å². The van der Waals surface area contributed by atoms with Crippen molar-refractivity contribution in [2.75, 3.05) is 0 Å². The first-order valence-corrected chi connectivity index (χ1v) is 3.17. The lowest BCUT2D eigenvalue weighted by Crippen LogP contribution is -2.22. The maximum absolute atomic E-state index is 10.8. The molecular weight excluding hydrogens is 144 g/mol. The second-order valence-electron chi connectivity index (χ2n) is 2.10. The number of nitrogens with zero attached hydrogens (tertiary/aromatic N) is 2. The highest BCUT2D eigenvalue weighted by Crippen LogP contribution is 2.11. The van der Waals surface area contributed by atoms with Gasteiger partial charge in [-0.25, -0.2) is 0 Å². The monoisotopic (exact) mass is 150 g/mol. The summed E-state index contributed by atoms with van der Waals surface area (Å²) in [7, 11) is 0. The number of allylic oxidation sites excluding steroid dienone is 1. The normalized spacial score (nSPS) is 17.9. The van der Waals surface area contributed by atoms with Gasteiger partial charge in [0.15, 0.2) is 0 Å². The molecule has 0 aromatic carbocycles. The maximum Gasteiger partial charge on any atom is 0.233 e. The Labute approximate surface area is 63.7 Å². The number of rotatable bonds is 1. The van der Waals surface area contributed by atoms with Crippen LogP contribution in [0, 0.1) is 11.3 Å². The first-order chi connectivity index (χ1) is 5.25. The summed E-state index contributed by atoms with van der Waals surface area (Å²) in [6.07, 6.45) is 2.84. The summed E-state index contributed by atoms with van der Waals surface area (Å²) >= 11 is 0. The first kappa shape index (κ1) is 7.48. The molecule has 0 radical (unpaired) electrons. The van der Waals surface area contributed by atoms with Crippen LogP contribution in [0.5, 0.6) is 0 Å². The molecule has 56 valence electrons. The fourth-order valence-corrected chi connectivity index (χ4v) is 0.868. The van der Waals surface area contributed by atoms with Gasteiger partial charge in [-0.05, 0) is 0 Å². The minimum absolute atomic E-state index is 0.235.